The summed E-state index contributed by atoms with van der Waals surface area (Å²) >= 11 is 5.99. The minimum Gasteiger partial charge on any atom is -0.486 e. The SMILES string of the molecule is FC(F)(F)CCc1cc(C23CNC(=CO2)C3)ccc1Cl. The highest BCUT2D eigenvalue weighted by molar-refractivity contribution is 6.31. The molecule has 0 radical (unpaired) electrons. The van der Waals surface area contributed by atoms with Crippen molar-refractivity contribution in [2.24, 2.45) is 0 Å². The molecular formula is C14H13ClF3NO. The molecule has 6 heteroatoms. The highest BCUT2D eigenvalue weighted by Gasteiger charge is 2.44. The molecule has 2 heterocycles. The number of hydrogen-bond donors (Lipinski definition) is 1. The predicted molar refractivity (Wildman–Crippen MR) is 69.3 cm³/mol. The minimum absolute atomic E-state index is 0.111. The average molecular weight is 304 g/mol. The van der Waals surface area contributed by atoms with E-state index in [2.05, 4.69) is 5.32 Å². The second-order valence-electron chi connectivity index (χ2n) is 5.21. The number of benzene rings is 1. The Labute approximate surface area is 119 Å². The van der Waals surface area contributed by atoms with Crippen LogP contribution in [-0.4, -0.2) is 12.7 Å². The van der Waals surface area contributed by atoms with Crippen molar-refractivity contribution in [2.45, 2.75) is 31.0 Å². The molecule has 2 aliphatic rings. The molecule has 2 nitrogen and oxygen atoms in total. The Morgan fingerprint density at radius 3 is 2.70 bits per heavy atom. The third kappa shape index (κ3) is 2.46. The van der Waals surface area contributed by atoms with Gasteiger partial charge in [0.05, 0.1) is 12.2 Å². The van der Waals surface area contributed by atoms with E-state index < -0.39 is 18.2 Å². The van der Waals surface area contributed by atoms with E-state index in [1.54, 1.807) is 18.4 Å². The molecule has 0 spiro atoms. The normalized spacial score (nSPS) is 24.3. The van der Waals surface area contributed by atoms with Crippen LogP contribution in [0.2, 0.25) is 5.02 Å². The summed E-state index contributed by atoms with van der Waals surface area (Å²) in [5.41, 5.74) is 1.93. The number of rotatable bonds is 3. The van der Waals surface area contributed by atoms with Crippen LogP contribution in [0.15, 0.2) is 30.2 Å². The molecule has 0 amide bonds. The molecule has 0 aliphatic carbocycles. The molecule has 0 saturated carbocycles. The van der Waals surface area contributed by atoms with Crippen LogP contribution in [0.4, 0.5) is 13.2 Å². The van der Waals surface area contributed by atoms with E-state index in [9.17, 15) is 13.2 Å². The van der Waals surface area contributed by atoms with Gasteiger partial charge in [-0.2, -0.15) is 13.2 Å². The van der Waals surface area contributed by atoms with Crippen LogP contribution in [0.1, 0.15) is 24.0 Å². The molecule has 1 aromatic carbocycles. The molecule has 1 aromatic rings. The summed E-state index contributed by atoms with van der Waals surface area (Å²) in [6.07, 6.45) is -2.75. The molecular weight excluding hydrogens is 291 g/mol. The number of halogens is 4. The number of fused-ring (bicyclic) bond motifs is 2. The Kier molecular flexibility index (Phi) is 3.12. The van der Waals surface area contributed by atoms with Gasteiger partial charge in [-0.25, -0.2) is 0 Å². The number of hydrogen-bond acceptors (Lipinski definition) is 2. The van der Waals surface area contributed by atoms with Gasteiger partial charge in [0.2, 0.25) is 0 Å². The van der Waals surface area contributed by atoms with Gasteiger partial charge < -0.3 is 10.1 Å². The van der Waals surface area contributed by atoms with E-state index in [4.69, 9.17) is 16.3 Å². The summed E-state index contributed by atoms with van der Waals surface area (Å²) < 4.78 is 42.7. The third-order valence-corrected chi connectivity index (χ3v) is 4.12. The zero-order valence-corrected chi connectivity index (χ0v) is 11.3. The van der Waals surface area contributed by atoms with Crippen molar-refractivity contribution in [2.75, 3.05) is 6.54 Å². The summed E-state index contributed by atoms with van der Waals surface area (Å²) in [4.78, 5) is 0. The van der Waals surface area contributed by atoms with Crippen LogP contribution in [0.3, 0.4) is 0 Å². The lowest BCUT2D eigenvalue weighted by Crippen LogP contribution is -2.31. The molecule has 2 aliphatic heterocycles. The van der Waals surface area contributed by atoms with Crippen molar-refractivity contribution in [3.63, 3.8) is 0 Å². The fourth-order valence-electron chi connectivity index (χ4n) is 2.64. The van der Waals surface area contributed by atoms with Crippen molar-refractivity contribution in [3.05, 3.63) is 46.3 Å². The third-order valence-electron chi connectivity index (χ3n) is 3.75. The van der Waals surface area contributed by atoms with E-state index in [1.807, 2.05) is 6.07 Å². The van der Waals surface area contributed by atoms with E-state index in [-0.39, 0.29) is 6.42 Å². The van der Waals surface area contributed by atoms with Gasteiger partial charge in [-0.15, -0.1) is 0 Å². The molecule has 3 rings (SSSR count). The van der Waals surface area contributed by atoms with Crippen molar-refractivity contribution >= 4 is 11.6 Å². The van der Waals surface area contributed by atoms with Gasteiger partial charge in [0.1, 0.15) is 6.26 Å². The highest BCUT2D eigenvalue weighted by Crippen LogP contribution is 2.42. The maximum absolute atomic E-state index is 12.3. The first kappa shape index (κ1) is 13.6. The van der Waals surface area contributed by atoms with Crippen LogP contribution in [0.5, 0.6) is 0 Å². The average Bonchev–Trinajstić information content (AvgIpc) is 2.98. The van der Waals surface area contributed by atoms with Crippen LogP contribution in [0, 0.1) is 0 Å². The van der Waals surface area contributed by atoms with E-state index >= 15 is 0 Å². The van der Waals surface area contributed by atoms with Gasteiger partial charge in [-0.05, 0) is 23.6 Å². The highest BCUT2D eigenvalue weighted by atomic mass is 35.5. The first-order valence-electron chi connectivity index (χ1n) is 6.34. The molecule has 2 bridgehead atoms. The second-order valence-corrected chi connectivity index (χ2v) is 5.61. The molecule has 20 heavy (non-hydrogen) atoms. The van der Waals surface area contributed by atoms with E-state index in [0.717, 1.165) is 17.7 Å². The van der Waals surface area contributed by atoms with E-state index in [1.165, 1.54) is 0 Å². The van der Waals surface area contributed by atoms with Crippen molar-refractivity contribution in [1.82, 2.24) is 5.32 Å². The summed E-state index contributed by atoms with van der Waals surface area (Å²) in [6, 6.07) is 5.21. The topological polar surface area (TPSA) is 21.3 Å². The maximum atomic E-state index is 12.3. The molecule has 1 N–H and O–H groups in total. The summed E-state index contributed by atoms with van der Waals surface area (Å²) in [7, 11) is 0. The number of ether oxygens (including phenoxy) is 1. The zero-order valence-electron chi connectivity index (χ0n) is 10.6. The fraction of sp³-hybridized carbons (Fsp3) is 0.429. The standard InChI is InChI=1S/C14H13ClF3NO/c15-12-2-1-10(5-9(12)3-4-14(16,17)18)13-6-11(7-20-13)19-8-13/h1-2,5,7,19H,3-4,6,8H2. The smallest absolute Gasteiger partial charge is 0.389 e. The second kappa shape index (κ2) is 4.58. The molecule has 0 aromatic heterocycles. The lowest BCUT2D eigenvalue weighted by atomic mass is 9.91. The summed E-state index contributed by atoms with van der Waals surface area (Å²) in [5.74, 6) is 0. The first-order chi connectivity index (χ1) is 9.38. The fourth-order valence-corrected chi connectivity index (χ4v) is 2.85. The van der Waals surface area contributed by atoms with Gasteiger partial charge in [0.25, 0.3) is 0 Å². The Hall–Kier alpha value is -1.36. The van der Waals surface area contributed by atoms with Crippen molar-refractivity contribution < 1.29 is 17.9 Å². The number of alkyl halides is 3. The summed E-state index contributed by atoms with van der Waals surface area (Å²) in [5, 5.41) is 3.58. The van der Waals surface area contributed by atoms with Crippen molar-refractivity contribution in [1.29, 1.82) is 0 Å². The molecule has 1 atom stereocenters. The quantitative estimate of drug-likeness (QED) is 0.914. The molecule has 1 unspecified atom stereocenters. The Balaban J connectivity index is 1.84. The Morgan fingerprint density at radius 1 is 1.35 bits per heavy atom. The van der Waals surface area contributed by atoms with Crippen LogP contribution >= 0.6 is 11.6 Å². The Morgan fingerprint density at radius 2 is 2.15 bits per heavy atom. The predicted octanol–water partition coefficient (Wildman–Crippen LogP) is 3.90. The monoisotopic (exact) mass is 303 g/mol. The van der Waals surface area contributed by atoms with Crippen LogP contribution in [0.25, 0.3) is 0 Å². The molecule has 108 valence electrons. The first-order valence-corrected chi connectivity index (χ1v) is 6.72. The van der Waals surface area contributed by atoms with Gasteiger partial charge in [-0.3, -0.25) is 0 Å². The summed E-state index contributed by atoms with van der Waals surface area (Å²) in [6.45, 7) is 0.638. The minimum atomic E-state index is -4.18. The number of aryl methyl sites for hydroxylation is 1. The van der Waals surface area contributed by atoms with Gasteiger partial charge in [-0.1, -0.05) is 23.7 Å². The van der Waals surface area contributed by atoms with Gasteiger partial charge in [0, 0.05) is 17.9 Å². The van der Waals surface area contributed by atoms with Gasteiger partial charge in [0.15, 0.2) is 5.60 Å². The molecule has 1 fully saturated rings. The van der Waals surface area contributed by atoms with E-state index in [0.29, 0.717) is 17.1 Å². The zero-order chi connectivity index (χ0) is 14.4. The number of nitrogens with one attached hydrogen (secondary N) is 1. The lowest BCUT2D eigenvalue weighted by molar-refractivity contribution is -0.133. The maximum Gasteiger partial charge on any atom is 0.389 e. The largest absolute Gasteiger partial charge is 0.486 e. The Bertz CT molecular complexity index is 570. The molecule has 1 saturated heterocycles. The van der Waals surface area contributed by atoms with Crippen molar-refractivity contribution in [3.8, 4) is 0 Å². The lowest BCUT2D eigenvalue weighted by Gasteiger charge is -2.27. The van der Waals surface area contributed by atoms with Crippen LogP contribution in [-0.2, 0) is 16.8 Å². The van der Waals surface area contributed by atoms with Crippen LogP contribution < -0.4 is 5.32 Å². The van der Waals surface area contributed by atoms with Gasteiger partial charge >= 0.3 is 6.18 Å².